The standard InChI is InChI=1S/C15H19N3O/c1-3-12-10-14(16-4-2)18-15(17-12)11-19-13-8-6-5-7-9-13/h5-10H,3-4,11H2,1-2H3,(H,16,17,18). The molecule has 1 heterocycles. The lowest BCUT2D eigenvalue weighted by Gasteiger charge is -2.09. The van der Waals surface area contributed by atoms with Crippen LogP contribution >= 0.6 is 0 Å². The second-order valence-corrected chi connectivity index (χ2v) is 4.15. The second-order valence-electron chi connectivity index (χ2n) is 4.15. The van der Waals surface area contributed by atoms with Gasteiger partial charge in [-0.15, -0.1) is 0 Å². The van der Waals surface area contributed by atoms with Gasteiger partial charge in [-0.2, -0.15) is 0 Å². The van der Waals surface area contributed by atoms with E-state index in [2.05, 4.69) is 22.2 Å². The molecule has 4 heteroatoms. The molecule has 0 fully saturated rings. The van der Waals surface area contributed by atoms with E-state index in [0.717, 1.165) is 30.2 Å². The fraction of sp³-hybridized carbons (Fsp3) is 0.333. The lowest BCUT2D eigenvalue weighted by molar-refractivity contribution is 0.295. The van der Waals surface area contributed by atoms with Gasteiger partial charge in [0.05, 0.1) is 0 Å². The molecule has 0 aliphatic heterocycles. The molecule has 0 bridgehead atoms. The molecule has 0 saturated heterocycles. The third kappa shape index (κ3) is 3.95. The van der Waals surface area contributed by atoms with Gasteiger partial charge in [0.2, 0.25) is 0 Å². The van der Waals surface area contributed by atoms with Crippen LogP contribution in [0.5, 0.6) is 5.75 Å². The highest BCUT2D eigenvalue weighted by Crippen LogP contribution is 2.12. The van der Waals surface area contributed by atoms with Crippen LogP contribution in [-0.2, 0) is 13.0 Å². The Morgan fingerprint density at radius 2 is 1.89 bits per heavy atom. The van der Waals surface area contributed by atoms with Crippen LogP contribution in [-0.4, -0.2) is 16.5 Å². The van der Waals surface area contributed by atoms with Crippen LogP contribution in [0.2, 0.25) is 0 Å². The number of aryl methyl sites for hydroxylation is 1. The highest BCUT2D eigenvalue weighted by Gasteiger charge is 2.04. The molecule has 1 N–H and O–H groups in total. The molecule has 1 aromatic heterocycles. The molecule has 0 saturated carbocycles. The van der Waals surface area contributed by atoms with Crippen molar-refractivity contribution >= 4 is 5.82 Å². The maximum absolute atomic E-state index is 5.67. The minimum Gasteiger partial charge on any atom is -0.486 e. The molecule has 100 valence electrons. The summed E-state index contributed by atoms with van der Waals surface area (Å²) in [4.78, 5) is 8.91. The number of hydrogen-bond donors (Lipinski definition) is 1. The number of benzene rings is 1. The van der Waals surface area contributed by atoms with Crippen molar-refractivity contribution < 1.29 is 4.74 Å². The van der Waals surface area contributed by atoms with E-state index in [-0.39, 0.29) is 0 Å². The number of nitrogens with one attached hydrogen (secondary N) is 1. The van der Waals surface area contributed by atoms with Crippen molar-refractivity contribution in [3.63, 3.8) is 0 Å². The first-order chi connectivity index (χ1) is 9.31. The molecule has 4 nitrogen and oxygen atoms in total. The van der Waals surface area contributed by atoms with Crippen molar-refractivity contribution in [2.24, 2.45) is 0 Å². The van der Waals surface area contributed by atoms with Gasteiger partial charge in [0.1, 0.15) is 18.2 Å². The largest absolute Gasteiger partial charge is 0.486 e. The Hall–Kier alpha value is -2.10. The normalized spacial score (nSPS) is 10.2. The van der Waals surface area contributed by atoms with E-state index in [1.807, 2.05) is 43.3 Å². The summed E-state index contributed by atoms with van der Waals surface area (Å²) in [5, 5.41) is 3.21. The van der Waals surface area contributed by atoms with Gasteiger partial charge in [-0.25, -0.2) is 9.97 Å². The number of ether oxygens (including phenoxy) is 1. The number of anilines is 1. The predicted octanol–water partition coefficient (Wildman–Crippen LogP) is 3.05. The molecule has 0 spiro atoms. The zero-order chi connectivity index (χ0) is 13.5. The van der Waals surface area contributed by atoms with Crippen molar-refractivity contribution in [3.05, 3.63) is 47.9 Å². The van der Waals surface area contributed by atoms with Gasteiger partial charge in [0.25, 0.3) is 0 Å². The van der Waals surface area contributed by atoms with Crippen LogP contribution in [0, 0.1) is 0 Å². The first-order valence-corrected chi connectivity index (χ1v) is 6.60. The first-order valence-electron chi connectivity index (χ1n) is 6.60. The third-order valence-electron chi connectivity index (χ3n) is 2.66. The van der Waals surface area contributed by atoms with Crippen molar-refractivity contribution in [3.8, 4) is 5.75 Å². The Morgan fingerprint density at radius 1 is 1.11 bits per heavy atom. The quantitative estimate of drug-likeness (QED) is 0.864. The van der Waals surface area contributed by atoms with Crippen molar-refractivity contribution in [1.82, 2.24) is 9.97 Å². The maximum atomic E-state index is 5.67. The third-order valence-corrected chi connectivity index (χ3v) is 2.66. The zero-order valence-corrected chi connectivity index (χ0v) is 11.4. The molecule has 0 aliphatic rings. The molecule has 2 rings (SSSR count). The summed E-state index contributed by atoms with van der Waals surface area (Å²) < 4.78 is 5.67. The molecular weight excluding hydrogens is 238 g/mol. The summed E-state index contributed by atoms with van der Waals surface area (Å²) in [7, 11) is 0. The predicted molar refractivity (Wildman–Crippen MR) is 76.3 cm³/mol. The maximum Gasteiger partial charge on any atom is 0.168 e. The van der Waals surface area contributed by atoms with Crippen LogP contribution < -0.4 is 10.1 Å². The minimum atomic E-state index is 0.385. The van der Waals surface area contributed by atoms with Gasteiger partial charge in [0, 0.05) is 18.3 Å². The summed E-state index contributed by atoms with van der Waals surface area (Å²) >= 11 is 0. The van der Waals surface area contributed by atoms with Gasteiger partial charge < -0.3 is 10.1 Å². The van der Waals surface area contributed by atoms with Gasteiger partial charge >= 0.3 is 0 Å². The van der Waals surface area contributed by atoms with Gasteiger partial charge in [-0.05, 0) is 25.5 Å². The highest BCUT2D eigenvalue weighted by molar-refractivity contribution is 5.36. The lowest BCUT2D eigenvalue weighted by atomic mass is 10.3. The number of nitrogens with zero attached hydrogens (tertiary/aromatic N) is 2. The molecule has 0 amide bonds. The number of hydrogen-bond acceptors (Lipinski definition) is 4. The lowest BCUT2D eigenvalue weighted by Crippen LogP contribution is -2.08. The number of rotatable bonds is 6. The molecule has 0 aliphatic carbocycles. The Morgan fingerprint density at radius 3 is 2.58 bits per heavy atom. The average molecular weight is 257 g/mol. The second kappa shape index (κ2) is 6.73. The van der Waals surface area contributed by atoms with Crippen LogP contribution in [0.1, 0.15) is 25.4 Å². The van der Waals surface area contributed by atoms with Crippen LogP contribution in [0.3, 0.4) is 0 Å². The fourth-order valence-electron chi connectivity index (χ4n) is 1.73. The first kappa shape index (κ1) is 13.3. The number of aromatic nitrogens is 2. The van der Waals surface area contributed by atoms with E-state index in [0.29, 0.717) is 12.4 Å². The van der Waals surface area contributed by atoms with Gasteiger partial charge in [0.15, 0.2) is 5.82 Å². The Kier molecular flexibility index (Phi) is 4.72. The molecular formula is C15H19N3O. The van der Waals surface area contributed by atoms with Crippen LogP contribution in [0.25, 0.3) is 0 Å². The monoisotopic (exact) mass is 257 g/mol. The van der Waals surface area contributed by atoms with E-state index in [9.17, 15) is 0 Å². The zero-order valence-electron chi connectivity index (χ0n) is 11.4. The van der Waals surface area contributed by atoms with Crippen molar-refractivity contribution in [2.45, 2.75) is 26.9 Å². The van der Waals surface area contributed by atoms with Gasteiger partial charge in [-0.3, -0.25) is 0 Å². The Balaban J connectivity index is 2.08. The van der Waals surface area contributed by atoms with E-state index < -0.39 is 0 Å². The highest BCUT2D eigenvalue weighted by atomic mass is 16.5. The fourth-order valence-corrected chi connectivity index (χ4v) is 1.73. The van der Waals surface area contributed by atoms with Crippen molar-refractivity contribution in [2.75, 3.05) is 11.9 Å². The minimum absolute atomic E-state index is 0.385. The molecule has 0 unspecified atom stereocenters. The average Bonchev–Trinajstić information content (AvgIpc) is 2.46. The summed E-state index contributed by atoms with van der Waals surface area (Å²) in [6.07, 6.45) is 0.888. The van der Waals surface area contributed by atoms with Crippen molar-refractivity contribution in [1.29, 1.82) is 0 Å². The summed E-state index contributed by atoms with van der Waals surface area (Å²) in [5.41, 5.74) is 1.03. The topological polar surface area (TPSA) is 47.0 Å². The molecule has 0 radical (unpaired) electrons. The molecule has 19 heavy (non-hydrogen) atoms. The van der Waals surface area contributed by atoms with E-state index in [1.165, 1.54) is 0 Å². The number of para-hydroxylation sites is 1. The van der Waals surface area contributed by atoms with Crippen LogP contribution in [0.4, 0.5) is 5.82 Å². The summed E-state index contributed by atoms with van der Waals surface area (Å²) in [6.45, 7) is 5.36. The Bertz CT molecular complexity index is 514. The molecule has 2 aromatic rings. The smallest absolute Gasteiger partial charge is 0.168 e. The molecule has 0 atom stereocenters. The van der Waals surface area contributed by atoms with E-state index >= 15 is 0 Å². The Labute approximate surface area is 113 Å². The SMILES string of the molecule is CCNc1cc(CC)nc(COc2ccccc2)n1. The van der Waals surface area contributed by atoms with E-state index in [4.69, 9.17) is 4.74 Å². The molecule has 1 aromatic carbocycles. The summed E-state index contributed by atoms with van der Waals surface area (Å²) in [5.74, 6) is 2.40. The summed E-state index contributed by atoms with van der Waals surface area (Å²) in [6, 6.07) is 11.7. The van der Waals surface area contributed by atoms with Crippen LogP contribution in [0.15, 0.2) is 36.4 Å². The van der Waals surface area contributed by atoms with E-state index in [1.54, 1.807) is 0 Å². The van der Waals surface area contributed by atoms with Gasteiger partial charge in [-0.1, -0.05) is 25.1 Å².